The molecule has 2 atom stereocenters. The Balaban J connectivity index is 0.991. The number of para-hydroxylation sites is 1. The molecule has 1 aliphatic carbocycles. The van der Waals surface area contributed by atoms with Crippen molar-refractivity contribution >= 4 is 21.9 Å². The first-order chi connectivity index (χ1) is 28.2. The van der Waals surface area contributed by atoms with Gasteiger partial charge in [-0.15, -0.1) is 0 Å². The Hall–Kier alpha value is -6.76. The van der Waals surface area contributed by atoms with Crippen molar-refractivity contribution in [3.63, 3.8) is 0 Å². The second kappa shape index (κ2) is 12.6. The number of hydrogen-bond acceptors (Lipinski definition) is 5. The first kappa shape index (κ1) is 32.5. The summed E-state index contributed by atoms with van der Waals surface area (Å²) in [6.45, 7) is 0. The van der Waals surface area contributed by atoms with Gasteiger partial charge in [-0.05, 0) is 80.4 Å². The van der Waals surface area contributed by atoms with E-state index in [-0.39, 0.29) is 18.5 Å². The Labute approximate surface area is 330 Å². The van der Waals surface area contributed by atoms with E-state index in [0.717, 1.165) is 55.7 Å². The van der Waals surface area contributed by atoms with Crippen LogP contribution >= 0.6 is 0 Å². The van der Waals surface area contributed by atoms with Crippen LogP contribution in [0.5, 0.6) is 11.5 Å². The molecule has 3 N–H and O–H groups in total. The number of nitrogens with one attached hydrogen (secondary N) is 3. The van der Waals surface area contributed by atoms with E-state index in [1.807, 2.05) is 0 Å². The van der Waals surface area contributed by atoms with Crippen molar-refractivity contribution in [2.75, 3.05) is 0 Å². The molecule has 272 valence electrons. The van der Waals surface area contributed by atoms with E-state index in [2.05, 4.69) is 204 Å². The molecule has 2 unspecified atom stereocenters. The van der Waals surface area contributed by atoms with E-state index in [0.29, 0.717) is 0 Å². The third-order valence-electron chi connectivity index (χ3n) is 12.3. The second-order valence-electron chi connectivity index (χ2n) is 15.3. The normalized spacial score (nSPS) is 18.8. The lowest BCUT2D eigenvalue weighted by atomic mass is 9.66. The topological polar surface area (TPSA) is 58.5 Å². The van der Waals surface area contributed by atoms with Crippen molar-refractivity contribution in [1.29, 1.82) is 0 Å². The van der Waals surface area contributed by atoms with E-state index in [1.165, 1.54) is 38.9 Å². The molecule has 1 saturated heterocycles. The standard InChI is InChI=1S/C52H37N3O2/c1-3-14-32(15-4-1)49-53-50(33-16-5-2-6-17-33)55-51(54-49)38-20-13-25-46-48(38)39-30-34(27-29-44(39)56-46)35-26-28-43-47(31-35)57-45-24-12-11-23-42(45)52(43)40-21-9-7-18-36(40)37-19-8-10-22-41(37)52/h1-31,49-51,53-55H. The molecule has 5 heteroatoms. The minimum atomic E-state index is -0.487. The fourth-order valence-electron chi connectivity index (χ4n) is 9.81. The third kappa shape index (κ3) is 4.87. The zero-order valence-corrected chi connectivity index (χ0v) is 30.9. The van der Waals surface area contributed by atoms with Crippen molar-refractivity contribution in [3.8, 4) is 33.8 Å². The summed E-state index contributed by atoms with van der Waals surface area (Å²) < 4.78 is 13.4. The third-order valence-corrected chi connectivity index (χ3v) is 12.3. The maximum Gasteiger partial charge on any atom is 0.135 e. The van der Waals surface area contributed by atoms with Gasteiger partial charge in [-0.25, -0.2) is 0 Å². The van der Waals surface area contributed by atoms with Gasteiger partial charge in [0.15, 0.2) is 0 Å². The quantitative estimate of drug-likeness (QED) is 0.168. The van der Waals surface area contributed by atoms with Gasteiger partial charge < -0.3 is 9.15 Å². The number of rotatable bonds is 4. The second-order valence-corrected chi connectivity index (χ2v) is 15.3. The molecule has 3 aliphatic rings. The highest BCUT2D eigenvalue weighted by Crippen LogP contribution is 2.62. The SMILES string of the molecule is c1ccc(C2NC(c3ccccc3)NC(c3cccc4oc5ccc(-c6ccc7c(c6)Oc6ccccc6C76c7ccccc7-c7ccccc76)cc5c34)N2)cc1. The fraction of sp³-hybridized carbons (Fsp3) is 0.0769. The minimum Gasteiger partial charge on any atom is -0.457 e. The summed E-state index contributed by atoms with van der Waals surface area (Å²) >= 11 is 0. The van der Waals surface area contributed by atoms with Gasteiger partial charge in [0, 0.05) is 21.9 Å². The van der Waals surface area contributed by atoms with E-state index < -0.39 is 5.41 Å². The predicted molar refractivity (Wildman–Crippen MR) is 227 cm³/mol. The fourth-order valence-corrected chi connectivity index (χ4v) is 9.81. The summed E-state index contributed by atoms with van der Waals surface area (Å²) in [7, 11) is 0. The van der Waals surface area contributed by atoms with Crippen LogP contribution in [-0.4, -0.2) is 0 Å². The molecule has 0 saturated carbocycles. The molecule has 57 heavy (non-hydrogen) atoms. The molecule has 1 aromatic heterocycles. The maximum atomic E-state index is 6.85. The zero-order chi connectivity index (χ0) is 37.5. The van der Waals surface area contributed by atoms with Crippen LogP contribution in [0.15, 0.2) is 192 Å². The smallest absolute Gasteiger partial charge is 0.135 e. The molecule has 8 aromatic carbocycles. The molecule has 2 aliphatic heterocycles. The molecule has 0 bridgehead atoms. The van der Waals surface area contributed by atoms with Gasteiger partial charge in [0.05, 0.1) is 23.9 Å². The van der Waals surface area contributed by atoms with Crippen LogP contribution in [0.4, 0.5) is 0 Å². The predicted octanol–water partition coefficient (Wildman–Crippen LogP) is 11.9. The van der Waals surface area contributed by atoms with E-state index in [4.69, 9.17) is 9.15 Å². The largest absolute Gasteiger partial charge is 0.457 e. The molecule has 5 nitrogen and oxygen atoms in total. The van der Waals surface area contributed by atoms with Gasteiger partial charge in [0.2, 0.25) is 0 Å². The van der Waals surface area contributed by atoms with Crippen LogP contribution in [-0.2, 0) is 5.41 Å². The van der Waals surface area contributed by atoms with Crippen molar-refractivity contribution < 1.29 is 9.15 Å². The van der Waals surface area contributed by atoms with Gasteiger partial charge >= 0.3 is 0 Å². The average Bonchev–Trinajstić information content (AvgIpc) is 3.80. The number of furan rings is 1. The van der Waals surface area contributed by atoms with E-state index >= 15 is 0 Å². The zero-order valence-electron chi connectivity index (χ0n) is 30.9. The lowest BCUT2D eigenvalue weighted by molar-refractivity contribution is 0.204. The number of fused-ring (bicyclic) bond motifs is 12. The summed E-state index contributed by atoms with van der Waals surface area (Å²) in [6.07, 6.45) is -0.316. The van der Waals surface area contributed by atoms with Gasteiger partial charge in [-0.2, -0.15) is 0 Å². The summed E-state index contributed by atoms with van der Waals surface area (Å²) in [6, 6.07) is 67.1. The number of hydrogen-bond donors (Lipinski definition) is 3. The first-order valence-corrected chi connectivity index (χ1v) is 19.7. The van der Waals surface area contributed by atoms with Gasteiger partial charge in [0.25, 0.3) is 0 Å². The summed E-state index contributed by atoms with van der Waals surface area (Å²) in [5, 5.41) is 13.7. The molecule has 0 amide bonds. The van der Waals surface area contributed by atoms with Crippen molar-refractivity contribution in [3.05, 3.63) is 227 Å². The van der Waals surface area contributed by atoms with Crippen LogP contribution < -0.4 is 20.7 Å². The van der Waals surface area contributed by atoms with E-state index in [9.17, 15) is 0 Å². The minimum absolute atomic E-state index is 0.0747. The molecule has 0 radical (unpaired) electrons. The molecule has 12 rings (SSSR count). The molecular weight excluding hydrogens is 699 g/mol. The van der Waals surface area contributed by atoms with Crippen LogP contribution in [0.2, 0.25) is 0 Å². The van der Waals surface area contributed by atoms with Gasteiger partial charge in [-0.3, -0.25) is 16.0 Å². The lowest BCUT2D eigenvalue weighted by Gasteiger charge is -2.39. The maximum absolute atomic E-state index is 6.85. The summed E-state index contributed by atoms with van der Waals surface area (Å²) in [4.78, 5) is 0. The van der Waals surface area contributed by atoms with E-state index in [1.54, 1.807) is 0 Å². The highest BCUT2D eigenvalue weighted by atomic mass is 16.5. The van der Waals surface area contributed by atoms with Crippen molar-refractivity contribution in [1.82, 2.24) is 16.0 Å². The van der Waals surface area contributed by atoms with Crippen LogP contribution in [0.25, 0.3) is 44.2 Å². The van der Waals surface area contributed by atoms with Crippen LogP contribution in [0.3, 0.4) is 0 Å². The Morgan fingerprint density at radius 1 is 0.404 bits per heavy atom. The summed E-state index contributed by atoms with van der Waals surface area (Å²) in [5.41, 5.74) is 14.4. The molecular formula is C52H37N3O2. The van der Waals surface area contributed by atoms with Crippen molar-refractivity contribution in [2.45, 2.75) is 23.9 Å². The highest BCUT2D eigenvalue weighted by molar-refractivity contribution is 6.08. The molecule has 3 heterocycles. The van der Waals surface area contributed by atoms with Gasteiger partial charge in [-0.1, -0.05) is 158 Å². The highest BCUT2D eigenvalue weighted by Gasteiger charge is 2.50. The Morgan fingerprint density at radius 2 is 0.965 bits per heavy atom. The number of ether oxygens (including phenoxy) is 1. The average molecular weight is 736 g/mol. The Kier molecular flexibility index (Phi) is 7.20. The number of benzene rings is 8. The first-order valence-electron chi connectivity index (χ1n) is 19.7. The van der Waals surface area contributed by atoms with Crippen molar-refractivity contribution in [2.24, 2.45) is 0 Å². The molecule has 1 spiro atoms. The summed E-state index contributed by atoms with van der Waals surface area (Å²) in [5.74, 6) is 1.76. The molecule has 1 fully saturated rings. The lowest BCUT2D eigenvalue weighted by Crippen LogP contribution is -2.54. The van der Waals surface area contributed by atoms with Crippen LogP contribution in [0.1, 0.15) is 57.4 Å². The Morgan fingerprint density at radius 3 is 1.67 bits per heavy atom. The monoisotopic (exact) mass is 735 g/mol. The van der Waals surface area contributed by atoms with Gasteiger partial charge in [0.1, 0.15) is 22.7 Å². The molecule has 9 aromatic rings. The Bertz CT molecular complexity index is 2920. The van der Waals surface area contributed by atoms with Crippen LogP contribution in [0, 0.1) is 0 Å².